The number of carbonyl (C=O) groups is 2. The van der Waals surface area contributed by atoms with Crippen molar-refractivity contribution in [3.05, 3.63) is 39.4 Å². The predicted octanol–water partition coefficient (Wildman–Crippen LogP) is 3.08. The minimum Gasteiger partial charge on any atom is -0.444 e. The van der Waals surface area contributed by atoms with Crippen LogP contribution in [0.5, 0.6) is 0 Å². The molecular weight excluding hydrogens is 422 g/mol. The number of aromatic nitrogens is 2. The first-order valence-electron chi connectivity index (χ1n) is 10.3. The van der Waals surface area contributed by atoms with E-state index in [2.05, 4.69) is 4.98 Å². The van der Waals surface area contributed by atoms with Crippen LogP contribution in [0.1, 0.15) is 45.6 Å². The van der Waals surface area contributed by atoms with Crippen LogP contribution < -0.4 is 5.56 Å². The number of benzene rings is 1. The zero-order chi connectivity index (χ0) is 22.9. The minimum absolute atomic E-state index is 0.0839. The third kappa shape index (κ3) is 5.43. The molecule has 0 radical (unpaired) electrons. The fourth-order valence-corrected chi connectivity index (χ4v) is 4.11. The average molecular weight is 450 g/mol. The van der Waals surface area contributed by atoms with Crippen LogP contribution in [0, 0.1) is 6.92 Å². The van der Waals surface area contributed by atoms with Gasteiger partial charge in [-0.25, -0.2) is 9.78 Å². The quantitative estimate of drug-likeness (QED) is 0.769. The number of ketones is 1. The number of hydrogen-bond donors (Lipinski definition) is 1. The van der Waals surface area contributed by atoms with E-state index in [4.69, 9.17) is 16.3 Å². The Balaban J connectivity index is 1.79. The number of piperidine rings is 1. The number of amides is 1. The van der Waals surface area contributed by atoms with Crippen molar-refractivity contribution in [3.8, 4) is 0 Å². The minimum atomic E-state index is -0.835. The van der Waals surface area contributed by atoms with Crippen molar-refractivity contribution in [2.24, 2.45) is 0 Å². The van der Waals surface area contributed by atoms with Gasteiger partial charge < -0.3 is 14.7 Å². The van der Waals surface area contributed by atoms with Gasteiger partial charge in [-0.1, -0.05) is 11.6 Å². The largest absolute Gasteiger partial charge is 0.444 e. The lowest BCUT2D eigenvalue weighted by Crippen LogP contribution is -2.53. The lowest BCUT2D eigenvalue weighted by molar-refractivity contribution is -0.122. The Morgan fingerprint density at radius 3 is 2.71 bits per heavy atom. The van der Waals surface area contributed by atoms with Crippen molar-refractivity contribution in [1.29, 1.82) is 0 Å². The van der Waals surface area contributed by atoms with Crippen LogP contribution >= 0.6 is 11.6 Å². The summed E-state index contributed by atoms with van der Waals surface area (Å²) in [5.74, 6) is -0.290. The first-order chi connectivity index (χ1) is 14.5. The van der Waals surface area contributed by atoms with E-state index in [0.717, 1.165) is 5.56 Å². The van der Waals surface area contributed by atoms with E-state index in [9.17, 15) is 19.5 Å². The number of rotatable bonds is 4. The summed E-state index contributed by atoms with van der Waals surface area (Å²) in [7, 11) is 0. The molecule has 0 bridgehead atoms. The maximum atomic E-state index is 12.8. The summed E-state index contributed by atoms with van der Waals surface area (Å²) in [6.07, 6.45) is 0.981. The number of Topliss-reactive ketones (excluding diaryl/α,β-unsaturated/α-hetero) is 1. The van der Waals surface area contributed by atoms with Gasteiger partial charge in [0.25, 0.3) is 5.56 Å². The van der Waals surface area contributed by atoms with Crippen LogP contribution in [0.15, 0.2) is 23.3 Å². The highest BCUT2D eigenvalue weighted by Gasteiger charge is 2.37. The Hall–Kier alpha value is -2.45. The number of aliphatic hydroxyl groups is 1. The van der Waals surface area contributed by atoms with Crippen molar-refractivity contribution < 1.29 is 19.4 Å². The van der Waals surface area contributed by atoms with Crippen LogP contribution in [-0.2, 0) is 16.1 Å². The number of halogens is 1. The molecule has 1 aromatic carbocycles. The number of aryl methyl sites for hydroxylation is 1. The van der Waals surface area contributed by atoms with E-state index in [1.165, 1.54) is 21.9 Å². The number of aliphatic hydroxyl groups excluding tert-OH is 1. The summed E-state index contributed by atoms with van der Waals surface area (Å²) in [6.45, 7) is 7.29. The number of carbonyl (C=O) groups excluding carboxylic acids is 2. The summed E-state index contributed by atoms with van der Waals surface area (Å²) in [5, 5.41) is 11.2. The fourth-order valence-electron chi connectivity index (χ4n) is 3.84. The fraction of sp³-hybridized carbons (Fsp3) is 0.545. The van der Waals surface area contributed by atoms with Crippen LogP contribution in [-0.4, -0.2) is 55.7 Å². The van der Waals surface area contributed by atoms with Gasteiger partial charge in [-0.2, -0.15) is 0 Å². The van der Waals surface area contributed by atoms with E-state index in [1.54, 1.807) is 26.8 Å². The topological polar surface area (TPSA) is 102 Å². The summed E-state index contributed by atoms with van der Waals surface area (Å²) in [5.41, 5.74) is 0.266. The van der Waals surface area contributed by atoms with E-state index < -0.39 is 23.8 Å². The Labute approximate surface area is 185 Å². The monoisotopic (exact) mass is 449 g/mol. The van der Waals surface area contributed by atoms with Gasteiger partial charge in [0, 0.05) is 18.0 Å². The SMILES string of the molecule is Cc1cc(Cl)cc2c(=O)n(CC(=O)C[C@@H]3[C@@H](O)CCCN3C(=O)OC(C)(C)C)cnc12. The molecule has 0 saturated carbocycles. The molecule has 1 aromatic heterocycles. The standard InChI is InChI=1S/C22H28ClN3O5/c1-13-8-14(23)9-16-19(13)24-12-25(20(16)29)11-15(27)10-17-18(28)6-5-7-26(17)21(30)31-22(2,3)4/h8-9,12,17-18,28H,5-7,10-11H2,1-4H3/t17-,18+/m1/s1. The smallest absolute Gasteiger partial charge is 0.410 e. The molecule has 2 aromatic rings. The van der Waals surface area contributed by atoms with Crippen LogP contribution in [0.2, 0.25) is 5.02 Å². The molecule has 0 aliphatic carbocycles. The molecule has 1 amide bonds. The van der Waals surface area contributed by atoms with Crippen LogP contribution in [0.25, 0.3) is 10.9 Å². The van der Waals surface area contributed by atoms with Crippen molar-refractivity contribution >= 4 is 34.4 Å². The molecule has 3 rings (SSSR count). The molecule has 2 heterocycles. The van der Waals surface area contributed by atoms with Crippen molar-refractivity contribution in [3.63, 3.8) is 0 Å². The second-order valence-corrected chi connectivity index (χ2v) is 9.43. The highest BCUT2D eigenvalue weighted by atomic mass is 35.5. The number of nitrogens with zero attached hydrogens (tertiary/aromatic N) is 3. The molecule has 1 fully saturated rings. The van der Waals surface area contributed by atoms with E-state index in [-0.39, 0.29) is 24.3 Å². The molecule has 1 saturated heterocycles. The average Bonchev–Trinajstić information content (AvgIpc) is 2.64. The molecule has 1 N–H and O–H groups in total. The Kier molecular flexibility index (Phi) is 6.71. The molecule has 9 heteroatoms. The summed E-state index contributed by atoms with van der Waals surface area (Å²) in [6, 6.07) is 2.56. The van der Waals surface area contributed by atoms with E-state index in [1.807, 2.05) is 6.92 Å². The van der Waals surface area contributed by atoms with Crippen LogP contribution in [0.4, 0.5) is 4.79 Å². The van der Waals surface area contributed by atoms with Gasteiger partial charge in [-0.05, 0) is 58.2 Å². The van der Waals surface area contributed by atoms with Gasteiger partial charge in [-0.3, -0.25) is 14.2 Å². The number of ether oxygens (including phenoxy) is 1. The van der Waals surface area contributed by atoms with Gasteiger partial charge in [-0.15, -0.1) is 0 Å². The van der Waals surface area contributed by atoms with Crippen molar-refractivity contribution in [2.75, 3.05) is 6.54 Å². The molecule has 2 atom stereocenters. The Bertz CT molecular complexity index is 1060. The molecule has 1 aliphatic heterocycles. The molecule has 8 nitrogen and oxygen atoms in total. The Morgan fingerprint density at radius 2 is 2.03 bits per heavy atom. The molecule has 1 aliphatic rings. The second kappa shape index (κ2) is 8.96. The normalized spacial score (nSPS) is 19.5. The third-order valence-electron chi connectivity index (χ3n) is 5.24. The van der Waals surface area contributed by atoms with Crippen molar-refractivity contribution in [2.45, 2.75) is 71.2 Å². The van der Waals surface area contributed by atoms with Gasteiger partial charge >= 0.3 is 6.09 Å². The number of fused-ring (bicyclic) bond motifs is 1. The van der Waals surface area contributed by atoms with Gasteiger partial charge in [0.05, 0.1) is 35.9 Å². The number of hydrogen-bond acceptors (Lipinski definition) is 6. The van der Waals surface area contributed by atoms with Crippen LogP contribution in [0.3, 0.4) is 0 Å². The summed E-state index contributed by atoms with van der Waals surface area (Å²) < 4.78 is 6.66. The second-order valence-electron chi connectivity index (χ2n) is 8.99. The Morgan fingerprint density at radius 1 is 1.32 bits per heavy atom. The first kappa shape index (κ1) is 23.2. The zero-order valence-corrected chi connectivity index (χ0v) is 19.0. The highest BCUT2D eigenvalue weighted by molar-refractivity contribution is 6.31. The summed E-state index contributed by atoms with van der Waals surface area (Å²) in [4.78, 5) is 43.9. The summed E-state index contributed by atoms with van der Waals surface area (Å²) >= 11 is 6.07. The van der Waals surface area contributed by atoms with Gasteiger partial charge in [0.2, 0.25) is 0 Å². The lowest BCUT2D eigenvalue weighted by Gasteiger charge is -2.39. The lowest BCUT2D eigenvalue weighted by atomic mass is 9.95. The number of likely N-dealkylation sites (tertiary alicyclic amines) is 1. The predicted molar refractivity (Wildman–Crippen MR) is 117 cm³/mol. The molecule has 0 unspecified atom stereocenters. The molecular formula is C22H28ClN3O5. The zero-order valence-electron chi connectivity index (χ0n) is 18.2. The van der Waals surface area contributed by atoms with Gasteiger partial charge in [0.1, 0.15) is 5.60 Å². The first-order valence-corrected chi connectivity index (χ1v) is 10.7. The van der Waals surface area contributed by atoms with Gasteiger partial charge in [0.15, 0.2) is 5.78 Å². The maximum absolute atomic E-state index is 12.8. The third-order valence-corrected chi connectivity index (χ3v) is 5.46. The molecule has 31 heavy (non-hydrogen) atoms. The van der Waals surface area contributed by atoms with E-state index >= 15 is 0 Å². The highest BCUT2D eigenvalue weighted by Crippen LogP contribution is 2.24. The van der Waals surface area contributed by atoms with Crippen molar-refractivity contribution in [1.82, 2.24) is 14.5 Å². The molecule has 168 valence electrons. The maximum Gasteiger partial charge on any atom is 0.410 e. The van der Waals surface area contributed by atoms with E-state index in [0.29, 0.717) is 35.3 Å². The molecule has 0 spiro atoms.